The average molecular weight is 393 g/mol. The van der Waals surface area contributed by atoms with Gasteiger partial charge in [0.05, 0.1) is 30.7 Å². The first-order valence-electron chi connectivity index (χ1n) is 11.3. The molecule has 4 rings (SSSR count). The second kappa shape index (κ2) is 7.30. The van der Waals surface area contributed by atoms with Crippen molar-refractivity contribution in [3.05, 3.63) is 0 Å². The minimum atomic E-state index is -0.510. The molecule has 5 nitrogen and oxygen atoms in total. The minimum absolute atomic E-state index is 0.0163. The summed E-state index contributed by atoms with van der Waals surface area (Å²) < 4.78 is 18.0. The number of esters is 2. The van der Waals surface area contributed by atoms with Crippen LogP contribution >= 0.6 is 0 Å². The third-order valence-corrected chi connectivity index (χ3v) is 7.91. The predicted molar refractivity (Wildman–Crippen MR) is 104 cm³/mol. The fourth-order valence-electron chi connectivity index (χ4n) is 6.26. The Bertz CT molecular complexity index is 615. The van der Waals surface area contributed by atoms with Crippen LogP contribution in [0.5, 0.6) is 0 Å². The Morgan fingerprint density at radius 1 is 1.07 bits per heavy atom. The van der Waals surface area contributed by atoms with Gasteiger partial charge in [0.15, 0.2) is 0 Å². The van der Waals surface area contributed by atoms with Crippen LogP contribution in [0.3, 0.4) is 0 Å². The van der Waals surface area contributed by atoms with E-state index >= 15 is 0 Å². The summed E-state index contributed by atoms with van der Waals surface area (Å²) in [4.78, 5) is 25.6. The zero-order valence-electron chi connectivity index (χ0n) is 17.9. The maximum Gasteiger partial charge on any atom is 0.311 e. The first kappa shape index (κ1) is 20.2. The van der Waals surface area contributed by atoms with E-state index < -0.39 is 5.41 Å². The SMILES string of the molecule is CCC1(OC(=O)C2C3COC4C3CC2C4COC(=O)C(C)(C)C)CCCCC1. The van der Waals surface area contributed by atoms with Crippen LogP contribution in [0.4, 0.5) is 0 Å². The number of ether oxygens (including phenoxy) is 3. The second-order valence-corrected chi connectivity index (χ2v) is 10.6. The van der Waals surface area contributed by atoms with Gasteiger partial charge in [-0.1, -0.05) is 13.3 Å². The third-order valence-electron chi connectivity index (χ3n) is 7.91. The maximum atomic E-state index is 13.3. The van der Waals surface area contributed by atoms with Gasteiger partial charge in [-0.05, 0) is 71.1 Å². The lowest BCUT2D eigenvalue weighted by molar-refractivity contribution is -0.174. The van der Waals surface area contributed by atoms with E-state index in [-0.39, 0.29) is 47.3 Å². The third kappa shape index (κ3) is 3.38. The molecule has 0 radical (unpaired) electrons. The molecular weight excluding hydrogens is 356 g/mol. The lowest BCUT2D eigenvalue weighted by atomic mass is 9.74. The van der Waals surface area contributed by atoms with E-state index in [0.29, 0.717) is 19.1 Å². The molecule has 4 fully saturated rings. The van der Waals surface area contributed by atoms with Gasteiger partial charge in [0, 0.05) is 11.8 Å². The minimum Gasteiger partial charge on any atom is -0.465 e. The molecule has 0 aromatic carbocycles. The number of carbonyl (C=O) groups is 2. The maximum absolute atomic E-state index is 13.3. The van der Waals surface area contributed by atoms with E-state index in [4.69, 9.17) is 14.2 Å². The molecule has 1 aliphatic heterocycles. The van der Waals surface area contributed by atoms with Crippen molar-refractivity contribution < 1.29 is 23.8 Å². The summed E-state index contributed by atoms with van der Waals surface area (Å²) in [5, 5.41) is 0. The van der Waals surface area contributed by atoms with Gasteiger partial charge >= 0.3 is 11.9 Å². The lowest BCUT2D eigenvalue weighted by Crippen LogP contribution is -2.44. The molecule has 5 heteroatoms. The van der Waals surface area contributed by atoms with Crippen molar-refractivity contribution in [1.82, 2.24) is 0 Å². The topological polar surface area (TPSA) is 61.8 Å². The Kier molecular flexibility index (Phi) is 5.26. The van der Waals surface area contributed by atoms with Crippen LogP contribution in [-0.4, -0.2) is 36.9 Å². The lowest BCUT2D eigenvalue weighted by Gasteiger charge is -2.39. The standard InChI is InChI=1S/C23H36O5/c1-5-23(9-7-6-8-10-23)28-20(24)18-14-11-15-16(18)12-26-19(15)17(14)13-27-21(25)22(2,3)4/h14-19H,5-13H2,1-4H3. The van der Waals surface area contributed by atoms with Crippen molar-refractivity contribution in [3.8, 4) is 0 Å². The number of fused-ring (bicyclic) bond motifs is 1. The summed E-state index contributed by atoms with van der Waals surface area (Å²) in [5.41, 5.74) is -0.770. The fraction of sp³-hybridized carbons (Fsp3) is 0.913. The Morgan fingerprint density at radius 2 is 1.79 bits per heavy atom. The highest BCUT2D eigenvalue weighted by Crippen LogP contribution is 2.60. The Balaban J connectivity index is 1.45. The molecule has 3 saturated carbocycles. The van der Waals surface area contributed by atoms with Crippen LogP contribution in [0, 0.1) is 35.0 Å². The predicted octanol–water partition coefficient (Wildman–Crippen LogP) is 4.13. The quantitative estimate of drug-likeness (QED) is 0.659. The molecule has 3 aliphatic carbocycles. The molecule has 0 N–H and O–H groups in total. The van der Waals surface area contributed by atoms with Crippen molar-refractivity contribution >= 4 is 11.9 Å². The van der Waals surface area contributed by atoms with E-state index in [9.17, 15) is 9.59 Å². The van der Waals surface area contributed by atoms with E-state index in [0.717, 1.165) is 38.5 Å². The molecule has 1 heterocycles. The highest BCUT2D eigenvalue weighted by Gasteiger charge is 2.65. The van der Waals surface area contributed by atoms with Crippen LogP contribution in [0.2, 0.25) is 0 Å². The monoisotopic (exact) mass is 392 g/mol. The summed E-state index contributed by atoms with van der Waals surface area (Å²) in [6.45, 7) is 8.75. The van der Waals surface area contributed by atoms with Gasteiger partial charge in [0.25, 0.3) is 0 Å². The van der Waals surface area contributed by atoms with E-state index in [2.05, 4.69) is 6.92 Å². The number of carbonyl (C=O) groups excluding carboxylic acids is 2. The molecule has 1 saturated heterocycles. The summed E-state index contributed by atoms with van der Waals surface area (Å²) in [7, 11) is 0. The molecule has 0 amide bonds. The summed E-state index contributed by atoms with van der Waals surface area (Å²) in [6, 6.07) is 0. The first-order valence-corrected chi connectivity index (χ1v) is 11.3. The normalized spacial score (nSPS) is 38.4. The molecule has 28 heavy (non-hydrogen) atoms. The molecule has 0 spiro atoms. The van der Waals surface area contributed by atoms with Gasteiger partial charge in [-0.3, -0.25) is 9.59 Å². The zero-order valence-corrected chi connectivity index (χ0v) is 17.9. The molecule has 158 valence electrons. The fourth-order valence-corrected chi connectivity index (χ4v) is 6.26. The van der Waals surface area contributed by atoms with Crippen LogP contribution in [0.1, 0.15) is 72.6 Å². The van der Waals surface area contributed by atoms with E-state index in [1.165, 1.54) is 6.42 Å². The molecular formula is C23H36O5. The van der Waals surface area contributed by atoms with Crippen molar-refractivity contribution in [1.29, 1.82) is 0 Å². The zero-order chi connectivity index (χ0) is 20.1. The number of hydrogen-bond acceptors (Lipinski definition) is 5. The molecule has 2 bridgehead atoms. The van der Waals surface area contributed by atoms with Gasteiger partial charge in [0.2, 0.25) is 0 Å². The molecule has 6 unspecified atom stereocenters. The largest absolute Gasteiger partial charge is 0.465 e. The first-order chi connectivity index (χ1) is 13.3. The second-order valence-electron chi connectivity index (χ2n) is 10.6. The van der Waals surface area contributed by atoms with Crippen molar-refractivity contribution in [2.45, 2.75) is 84.3 Å². The smallest absolute Gasteiger partial charge is 0.311 e. The Labute approximate surface area is 168 Å². The van der Waals surface area contributed by atoms with E-state index in [1.54, 1.807) is 0 Å². The number of rotatable bonds is 5. The van der Waals surface area contributed by atoms with Gasteiger partial charge in [0.1, 0.15) is 5.60 Å². The average Bonchev–Trinajstić information content (AvgIpc) is 3.28. The van der Waals surface area contributed by atoms with Crippen LogP contribution in [0.15, 0.2) is 0 Å². The van der Waals surface area contributed by atoms with Crippen molar-refractivity contribution in [2.75, 3.05) is 13.2 Å². The Hall–Kier alpha value is -1.10. The van der Waals surface area contributed by atoms with Crippen LogP contribution < -0.4 is 0 Å². The van der Waals surface area contributed by atoms with Gasteiger partial charge in [-0.2, -0.15) is 0 Å². The highest BCUT2D eigenvalue weighted by molar-refractivity contribution is 5.76. The number of hydrogen-bond donors (Lipinski definition) is 0. The summed E-state index contributed by atoms with van der Waals surface area (Å²) >= 11 is 0. The van der Waals surface area contributed by atoms with Crippen molar-refractivity contribution in [3.63, 3.8) is 0 Å². The molecule has 0 aromatic heterocycles. The Morgan fingerprint density at radius 3 is 2.43 bits per heavy atom. The van der Waals surface area contributed by atoms with Gasteiger partial charge in [-0.15, -0.1) is 0 Å². The molecule has 0 aromatic rings. The highest BCUT2D eigenvalue weighted by atomic mass is 16.6. The van der Waals surface area contributed by atoms with Crippen molar-refractivity contribution in [2.24, 2.45) is 35.0 Å². The van der Waals surface area contributed by atoms with Gasteiger partial charge < -0.3 is 14.2 Å². The summed E-state index contributed by atoms with van der Waals surface area (Å²) in [6.07, 6.45) is 7.57. The summed E-state index contributed by atoms with van der Waals surface area (Å²) in [5.74, 6) is 0.761. The van der Waals surface area contributed by atoms with E-state index in [1.807, 2.05) is 20.8 Å². The van der Waals surface area contributed by atoms with Gasteiger partial charge in [-0.25, -0.2) is 0 Å². The molecule has 6 atom stereocenters. The van der Waals surface area contributed by atoms with Crippen LogP contribution in [0.25, 0.3) is 0 Å². The molecule has 4 aliphatic rings. The van der Waals surface area contributed by atoms with Crippen LogP contribution in [-0.2, 0) is 23.8 Å².